The number of rotatable bonds is 10. The number of thioether (sulfide) groups is 3. The highest BCUT2D eigenvalue weighted by molar-refractivity contribution is 8.08. The van der Waals surface area contributed by atoms with Gasteiger partial charge in [-0.2, -0.15) is 85.8 Å². The Labute approximate surface area is 135 Å². The Hall–Kier alpha value is 2.45. The Kier molecular flexibility index (Phi) is 14.4. The molecule has 0 aliphatic rings. The van der Waals surface area contributed by atoms with E-state index in [0.29, 0.717) is 5.25 Å². The van der Waals surface area contributed by atoms with Crippen molar-refractivity contribution in [3.63, 3.8) is 0 Å². The zero-order valence-electron chi connectivity index (χ0n) is 9.28. The first-order valence-electron chi connectivity index (χ1n) is 5.07. The Morgan fingerprint density at radius 1 is 0.938 bits per heavy atom. The molecule has 0 aliphatic carbocycles. The van der Waals surface area contributed by atoms with E-state index in [4.69, 9.17) is 0 Å². The summed E-state index contributed by atoms with van der Waals surface area (Å²) in [5, 5.41) is 0.509. The highest BCUT2D eigenvalue weighted by atomic mass is 32.2. The summed E-state index contributed by atoms with van der Waals surface area (Å²) < 4.78 is 0.326. The van der Waals surface area contributed by atoms with E-state index in [1.54, 1.807) is 0 Å². The number of hydrogen-bond donors (Lipinski definition) is 4. The summed E-state index contributed by atoms with van der Waals surface area (Å²) in [5.41, 5.74) is 0. The van der Waals surface area contributed by atoms with Gasteiger partial charge in [0.05, 0.1) is 9.16 Å². The first-order valence-corrected chi connectivity index (χ1v) is 10.5. The minimum Gasteiger partial charge on any atom is -0.164 e. The quantitative estimate of drug-likeness (QED) is 0.267. The molecule has 0 nitrogen and oxygen atoms in total. The van der Waals surface area contributed by atoms with Crippen molar-refractivity contribution in [3.8, 4) is 0 Å². The molecule has 0 aromatic heterocycles. The fourth-order valence-corrected chi connectivity index (χ4v) is 5.62. The Bertz CT molecular complexity index is 151. The third kappa shape index (κ3) is 11.5. The first-order chi connectivity index (χ1) is 7.57. The average Bonchev–Trinajstić information content (AvgIpc) is 2.20. The lowest BCUT2D eigenvalue weighted by atomic mass is 10.5. The monoisotopic (exact) mass is 352 g/mol. The van der Waals surface area contributed by atoms with Crippen LogP contribution in [-0.4, -0.2) is 43.2 Å². The normalized spacial score (nSPS) is 13.7. The van der Waals surface area contributed by atoms with Crippen LogP contribution in [0.3, 0.4) is 0 Å². The summed E-state index contributed by atoms with van der Waals surface area (Å²) in [4.78, 5) is 0. The molecule has 0 spiro atoms. The summed E-state index contributed by atoms with van der Waals surface area (Å²) in [7, 11) is 0. The van der Waals surface area contributed by atoms with Crippen LogP contribution in [0.4, 0.5) is 0 Å². The predicted octanol–water partition coefficient (Wildman–Crippen LogP) is 3.95. The second-order valence-corrected chi connectivity index (χ2v) is 10.0. The molecule has 1 atom stereocenters. The van der Waals surface area contributed by atoms with E-state index in [2.05, 4.69) is 57.4 Å². The fraction of sp³-hybridized carbons (Fsp3) is 1.00. The molecule has 7 heteroatoms. The van der Waals surface area contributed by atoms with Crippen molar-refractivity contribution >= 4 is 85.8 Å². The second-order valence-electron chi connectivity index (χ2n) is 3.04. The van der Waals surface area contributed by atoms with Crippen molar-refractivity contribution in [2.75, 3.05) is 28.8 Å². The zero-order valence-corrected chi connectivity index (χ0v) is 15.3. The maximum Gasteiger partial charge on any atom is 0.0568 e. The smallest absolute Gasteiger partial charge is 0.0568 e. The van der Waals surface area contributed by atoms with Crippen molar-refractivity contribution in [1.29, 1.82) is 0 Å². The second kappa shape index (κ2) is 12.5. The van der Waals surface area contributed by atoms with Crippen LogP contribution in [0.1, 0.15) is 6.92 Å². The average molecular weight is 353 g/mol. The van der Waals surface area contributed by atoms with E-state index < -0.39 is 0 Å². The van der Waals surface area contributed by atoms with Crippen LogP contribution < -0.4 is 0 Å². The summed E-state index contributed by atoms with van der Waals surface area (Å²) >= 11 is 23.2. The SMILES string of the molecule is CCSCCSC(CSCC(S)S)C(S)S. The lowest BCUT2D eigenvalue weighted by Crippen LogP contribution is -2.17. The molecule has 0 heterocycles. The van der Waals surface area contributed by atoms with Crippen molar-refractivity contribution in [2.24, 2.45) is 0 Å². The summed E-state index contributed by atoms with van der Waals surface area (Å²) in [6, 6.07) is 0. The van der Waals surface area contributed by atoms with E-state index in [1.165, 1.54) is 17.3 Å². The number of hydrogen-bond acceptors (Lipinski definition) is 7. The summed E-state index contributed by atoms with van der Waals surface area (Å²) in [6.07, 6.45) is 0. The van der Waals surface area contributed by atoms with E-state index in [0.717, 1.165) is 11.5 Å². The lowest BCUT2D eigenvalue weighted by Gasteiger charge is -2.19. The standard InChI is InChI=1S/C9H20S7/c1-2-14-3-4-16-7(9(12)13)5-15-6-8(10)11/h7-13H,2-6H2,1H3. The molecule has 16 heavy (non-hydrogen) atoms. The van der Waals surface area contributed by atoms with Crippen molar-refractivity contribution in [2.45, 2.75) is 21.3 Å². The molecule has 0 saturated heterocycles. The van der Waals surface area contributed by atoms with E-state index >= 15 is 0 Å². The van der Waals surface area contributed by atoms with Gasteiger partial charge in [-0.3, -0.25) is 0 Å². The fourth-order valence-electron chi connectivity index (χ4n) is 0.913. The van der Waals surface area contributed by atoms with Crippen LogP contribution in [0.2, 0.25) is 0 Å². The van der Waals surface area contributed by atoms with Crippen molar-refractivity contribution in [1.82, 2.24) is 0 Å². The molecule has 0 aromatic carbocycles. The largest absolute Gasteiger partial charge is 0.164 e. The van der Waals surface area contributed by atoms with Gasteiger partial charge in [0.1, 0.15) is 0 Å². The zero-order chi connectivity index (χ0) is 12.4. The maximum atomic E-state index is 4.43. The first kappa shape index (κ1) is 18.4. The predicted molar refractivity (Wildman–Crippen MR) is 100 cm³/mol. The van der Waals surface area contributed by atoms with Crippen molar-refractivity contribution in [3.05, 3.63) is 0 Å². The molecular weight excluding hydrogens is 333 g/mol. The highest BCUT2D eigenvalue weighted by Gasteiger charge is 2.15. The Morgan fingerprint density at radius 2 is 1.62 bits per heavy atom. The molecule has 0 radical (unpaired) electrons. The third-order valence-electron chi connectivity index (χ3n) is 1.65. The molecular formula is C9H20S7. The molecule has 0 fully saturated rings. The van der Waals surface area contributed by atoms with Gasteiger partial charge in [0.2, 0.25) is 0 Å². The van der Waals surface area contributed by atoms with Crippen LogP contribution >= 0.6 is 85.8 Å². The van der Waals surface area contributed by atoms with Gasteiger partial charge in [0, 0.05) is 28.3 Å². The van der Waals surface area contributed by atoms with Crippen LogP contribution in [-0.2, 0) is 0 Å². The van der Waals surface area contributed by atoms with Gasteiger partial charge in [-0.25, -0.2) is 0 Å². The maximum absolute atomic E-state index is 4.43. The number of thiol groups is 4. The molecule has 1 unspecified atom stereocenters. The third-order valence-corrected chi connectivity index (χ3v) is 7.47. The van der Waals surface area contributed by atoms with Gasteiger partial charge in [0.25, 0.3) is 0 Å². The highest BCUT2D eigenvalue weighted by Crippen LogP contribution is 2.26. The molecule has 0 aromatic rings. The van der Waals surface area contributed by atoms with Crippen molar-refractivity contribution < 1.29 is 0 Å². The summed E-state index contributed by atoms with van der Waals surface area (Å²) in [6.45, 7) is 2.20. The molecule has 0 aliphatic heterocycles. The Balaban J connectivity index is 3.63. The lowest BCUT2D eigenvalue weighted by molar-refractivity contribution is 1.11. The molecule has 0 saturated carbocycles. The van der Waals surface area contributed by atoms with Gasteiger partial charge in [0.15, 0.2) is 0 Å². The molecule has 98 valence electrons. The van der Waals surface area contributed by atoms with Crippen LogP contribution in [0.5, 0.6) is 0 Å². The minimum atomic E-state index is 0.155. The Morgan fingerprint density at radius 3 is 2.12 bits per heavy atom. The van der Waals surface area contributed by atoms with Gasteiger partial charge in [-0.05, 0) is 5.75 Å². The van der Waals surface area contributed by atoms with Crippen LogP contribution in [0.25, 0.3) is 0 Å². The minimum absolute atomic E-state index is 0.155. The molecule has 0 bridgehead atoms. The van der Waals surface area contributed by atoms with Crippen LogP contribution in [0.15, 0.2) is 0 Å². The van der Waals surface area contributed by atoms with Gasteiger partial charge in [-0.1, -0.05) is 6.92 Å². The molecule has 0 amide bonds. The van der Waals surface area contributed by atoms with E-state index in [9.17, 15) is 0 Å². The van der Waals surface area contributed by atoms with Gasteiger partial charge in [-0.15, -0.1) is 0 Å². The molecule has 0 N–H and O–H groups in total. The summed E-state index contributed by atoms with van der Waals surface area (Å²) in [5.74, 6) is 5.66. The van der Waals surface area contributed by atoms with Gasteiger partial charge >= 0.3 is 0 Å². The van der Waals surface area contributed by atoms with Crippen LogP contribution in [0, 0.1) is 0 Å². The van der Waals surface area contributed by atoms with E-state index in [1.807, 2.05) is 35.3 Å². The van der Waals surface area contributed by atoms with Gasteiger partial charge < -0.3 is 0 Å². The topological polar surface area (TPSA) is 0 Å². The molecule has 0 rings (SSSR count). The van der Waals surface area contributed by atoms with E-state index in [-0.39, 0.29) is 9.16 Å².